The molecule has 0 heterocycles. The molecular weight excluding hydrogens is 264 g/mol. The van der Waals surface area contributed by atoms with Gasteiger partial charge in [0.25, 0.3) is 0 Å². The minimum atomic E-state index is 0.252. The van der Waals surface area contributed by atoms with Gasteiger partial charge in [-0.2, -0.15) is 0 Å². The Hall–Kier alpha value is -1.26. The molecule has 4 heteroatoms. The van der Waals surface area contributed by atoms with Gasteiger partial charge in [-0.3, -0.25) is 4.90 Å². The standard InChI is InChI=1S/C17H28N2O2/c1-5-10-19(13-6-7-13)12-16(18-2)15-11-14(20-3)8-9-17(15)21-4/h8-9,11,13,16,18H,5-7,10,12H2,1-4H3. The number of nitrogens with one attached hydrogen (secondary N) is 1. The predicted octanol–water partition coefficient (Wildman–Crippen LogP) is 2.84. The van der Waals surface area contributed by atoms with Crippen LogP contribution in [0, 0.1) is 0 Å². The SMILES string of the molecule is CCCN(CC(NC)c1cc(OC)ccc1OC)C1CC1. The van der Waals surface area contributed by atoms with Crippen LogP contribution in [0.15, 0.2) is 18.2 Å². The number of ether oxygens (including phenoxy) is 2. The molecule has 1 fully saturated rings. The Morgan fingerprint density at radius 3 is 2.57 bits per heavy atom. The molecule has 1 aromatic carbocycles. The summed E-state index contributed by atoms with van der Waals surface area (Å²) in [7, 11) is 5.44. The van der Waals surface area contributed by atoms with Crippen molar-refractivity contribution in [1.82, 2.24) is 10.2 Å². The summed E-state index contributed by atoms with van der Waals surface area (Å²) in [6.45, 7) is 4.42. The van der Waals surface area contributed by atoms with E-state index < -0.39 is 0 Å². The van der Waals surface area contributed by atoms with Gasteiger partial charge in [-0.1, -0.05) is 6.92 Å². The molecule has 0 bridgehead atoms. The van der Waals surface area contributed by atoms with E-state index in [9.17, 15) is 0 Å². The Morgan fingerprint density at radius 1 is 1.29 bits per heavy atom. The first kappa shape index (κ1) is 16.1. The van der Waals surface area contributed by atoms with Gasteiger partial charge in [0.1, 0.15) is 11.5 Å². The summed E-state index contributed by atoms with van der Waals surface area (Å²) >= 11 is 0. The number of rotatable bonds is 9. The minimum absolute atomic E-state index is 0.252. The Kier molecular flexibility index (Phi) is 5.88. The molecule has 0 amide bonds. The normalized spacial score (nSPS) is 16.0. The first-order valence-corrected chi connectivity index (χ1v) is 7.86. The second-order valence-corrected chi connectivity index (χ2v) is 5.68. The van der Waals surface area contributed by atoms with Crippen molar-refractivity contribution < 1.29 is 9.47 Å². The fourth-order valence-electron chi connectivity index (χ4n) is 2.84. The largest absolute Gasteiger partial charge is 0.497 e. The lowest BCUT2D eigenvalue weighted by Gasteiger charge is -2.28. The van der Waals surface area contributed by atoms with E-state index in [1.165, 1.54) is 24.8 Å². The maximum Gasteiger partial charge on any atom is 0.123 e. The summed E-state index contributed by atoms with van der Waals surface area (Å²) in [4.78, 5) is 2.60. The monoisotopic (exact) mass is 292 g/mol. The molecule has 4 nitrogen and oxygen atoms in total. The summed E-state index contributed by atoms with van der Waals surface area (Å²) in [6.07, 6.45) is 3.87. The summed E-state index contributed by atoms with van der Waals surface area (Å²) in [5.74, 6) is 1.79. The highest BCUT2D eigenvalue weighted by Gasteiger charge is 2.30. The average molecular weight is 292 g/mol. The summed E-state index contributed by atoms with van der Waals surface area (Å²) in [6, 6.07) is 7.04. The van der Waals surface area contributed by atoms with Crippen molar-refractivity contribution in [1.29, 1.82) is 0 Å². The molecule has 1 aliphatic carbocycles. The van der Waals surface area contributed by atoms with Gasteiger partial charge in [-0.05, 0) is 51.1 Å². The van der Waals surface area contributed by atoms with Crippen LogP contribution in [0.4, 0.5) is 0 Å². The van der Waals surface area contributed by atoms with Crippen LogP contribution in [0.1, 0.15) is 37.8 Å². The summed E-state index contributed by atoms with van der Waals surface area (Å²) < 4.78 is 10.9. The second kappa shape index (κ2) is 7.66. The zero-order valence-corrected chi connectivity index (χ0v) is 13.7. The van der Waals surface area contributed by atoms with E-state index in [4.69, 9.17) is 9.47 Å². The highest BCUT2D eigenvalue weighted by molar-refractivity contribution is 5.42. The zero-order valence-electron chi connectivity index (χ0n) is 13.7. The van der Waals surface area contributed by atoms with Crippen LogP contribution in [0.25, 0.3) is 0 Å². The zero-order chi connectivity index (χ0) is 15.2. The van der Waals surface area contributed by atoms with Crippen molar-refractivity contribution >= 4 is 0 Å². The van der Waals surface area contributed by atoms with Crippen molar-refractivity contribution in [3.63, 3.8) is 0 Å². The van der Waals surface area contributed by atoms with E-state index in [2.05, 4.69) is 23.2 Å². The van der Waals surface area contributed by atoms with Gasteiger partial charge in [0.15, 0.2) is 0 Å². The van der Waals surface area contributed by atoms with E-state index in [-0.39, 0.29) is 6.04 Å². The molecular formula is C17H28N2O2. The fraction of sp³-hybridized carbons (Fsp3) is 0.647. The Morgan fingerprint density at radius 2 is 2.05 bits per heavy atom. The molecule has 1 aliphatic rings. The maximum absolute atomic E-state index is 5.53. The van der Waals surface area contributed by atoms with Crippen LogP contribution in [-0.2, 0) is 0 Å². The first-order valence-electron chi connectivity index (χ1n) is 7.86. The van der Waals surface area contributed by atoms with E-state index >= 15 is 0 Å². The third kappa shape index (κ3) is 4.11. The summed E-state index contributed by atoms with van der Waals surface area (Å²) in [5.41, 5.74) is 1.17. The van der Waals surface area contributed by atoms with Crippen LogP contribution < -0.4 is 14.8 Å². The smallest absolute Gasteiger partial charge is 0.123 e. The lowest BCUT2D eigenvalue weighted by Crippen LogP contribution is -2.36. The number of benzene rings is 1. The molecule has 1 unspecified atom stereocenters. The van der Waals surface area contributed by atoms with Gasteiger partial charge >= 0.3 is 0 Å². The number of likely N-dealkylation sites (N-methyl/N-ethyl adjacent to an activating group) is 1. The fourth-order valence-corrected chi connectivity index (χ4v) is 2.84. The van der Waals surface area contributed by atoms with Crippen LogP contribution >= 0.6 is 0 Å². The lowest BCUT2D eigenvalue weighted by molar-refractivity contribution is 0.234. The van der Waals surface area contributed by atoms with Crippen LogP contribution in [0.5, 0.6) is 11.5 Å². The van der Waals surface area contributed by atoms with Crippen molar-refractivity contribution in [3.8, 4) is 11.5 Å². The van der Waals surface area contributed by atoms with Crippen molar-refractivity contribution in [2.75, 3.05) is 34.4 Å². The third-order valence-corrected chi connectivity index (χ3v) is 4.15. The molecule has 1 N–H and O–H groups in total. The molecule has 1 saturated carbocycles. The van der Waals surface area contributed by atoms with Gasteiger partial charge in [0.05, 0.1) is 14.2 Å². The number of hydrogen-bond acceptors (Lipinski definition) is 4. The Balaban J connectivity index is 2.18. The molecule has 1 aromatic rings. The Bertz CT molecular complexity index is 446. The van der Waals surface area contributed by atoms with Crippen LogP contribution in [0.2, 0.25) is 0 Å². The van der Waals surface area contributed by atoms with Gasteiger partial charge < -0.3 is 14.8 Å². The minimum Gasteiger partial charge on any atom is -0.497 e. The molecule has 0 saturated heterocycles. The maximum atomic E-state index is 5.53. The summed E-state index contributed by atoms with van der Waals surface area (Å²) in [5, 5.41) is 3.44. The highest BCUT2D eigenvalue weighted by atomic mass is 16.5. The van der Waals surface area contributed by atoms with Crippen LogP contribution in [0.3, 0.4) is 0 Å². The van der Waals surface area contributed by atoms with Gasteiger partial charge in [-0.15, -0.1) is 0 Å². The molecule has 118 valence electrons. The van der Waals surface area contributed by atoms with Gasteiger partial charge in [-0.25, -0.2) is 0 Å². The quantitative estimate of drug-likeness (QED) is 0.759. The molecule has 0 spiro atoms. The molecule has 21 heavy (non-hydrogen) atoms. The van der Waals surface area contributed by atoms with Gasteiger partial charge in [0, 0.05) is 24.2 Å². The molecule has 0 aromatic heterocycles. The lowest BCUT2D eigenvalue weighted by atomic mass is 10.0. The first-order chi connectivity index (χ1) is 10.2. The van der Waals surface area contributed by atoms with Crippen molar-refractivity contribution in [2.45, 2.75) is 38.3 Å². The molecule has 0 aliphatic heterocycles. The topological polar surface area (TPSA) is 33.7 Å². The highest BCUT2D eigenvalue weighted by Crippen LogP contribution is 2.33. The second-order valence-electron chi connectivity index (χ2n) is 5.68. The third-order valence-electron chi connectivity index (χ3n) is 4.15. The molecule has 2 rings (SSSR count). The number of methoxy groups -OCH3 is 2. The molecule has 0 radical (unpaired) electrons. The van der Waals surface area contributed by atoms with E-state index in [0.29, 0.717) is 0 Å². The average Bonchev–Trinajstić information content (AvgIpc) is 3.35. The van der Waals surface area contributed by atoms with E-state index in [1.807, 2.05) is 19.2 Å². The van der Waals surface area contributed by atoms with E-state index in [0.717, 1.165) is 30.6 Å². The van der Waals surface area contributed by atoms with Crippen LogP contribution in [-0.4, -0.2) is 45.3 Å². The van der Waals surface area contributed by atoms with Gasteiger partial charge in [0.2, 0.25) is 0 Å². The van der Waals surface area contributed by atoms with Crippen molar-refractivity contribution in [2.24, 2.45) is 0 Å². The Labute approximate surface area is 128 Å². The number of hydrogen-bond donors (Lipinski definition) is 1. The van der Waals surface area contributed by atoms with Crippen molar-refractivity contribution in [3.05, 3.63) is 23.8 Å². The number of nitrogens with zero attached hydrogens (tertiary/aromatic N) is 1. The predicted molar refractivity (Wildman–Crippen MR) is 86.2 cm³/mol. The van der Waals surface area contributed by atoms with E-state index in [1.54, 1.807) is 14.2 Å². The molecule has 1 atom stereocenters.